The molecule has 4 aliphatic rings. The molecule has 61 heavy (non-hydrogen) atoms. The van der Waals surface area contributed by atoms with Crippen molar-refractivity contribution in [2.75, 3.05) is 65.9 Å². The second-order valence-electron chi connectivity index (χ2n) is 20.2. The van der Waals surface area contributed by atoms with E-state index in [2.05, 4.69) is 83.4 Å². The first-order valence-corrected chi connectivity index (χ1v) is 25.7. The minimum Gasteiger partial charge on any atom is -0.446 e. The molecule has 0 radical (unpaired) electrons. The Morgan fingerprint density at radius 3 is 2.18 bits per heavy atom. The molecule has 0 aromatic rings. The quantitative estimate of drug-likeness (QED) is 0.0258. The second-order valence-corrected chi connectivity index (χ2v) is 21.5. The van der Waals surface area contributed by atoms with Gasteiger partial charge < -0.3 is 38.0 Å². The fourth-order valence-electron chi connectivity index (χ4n) is 11.7. The first kappa shape index (κ1) is 52.3. The Balaban J connectivity index is 1.00. The van der Waals surface area contributed by atoms with Gasteiger partial charge in [-0.05, 0) is 139 Å². The third kappa shape index (κ3) is 15.7. The van der Waals surface area contributed by atoms with Gasteiger partial charge in [0.15, 0.2) is 6.40 Å². The summed E-state index contributed by atoms with van der Waals surface area (Å²) >= 11 is 0. The Labute approximate surface area is 373 Å². The smallest absolute Gasteiger partial charge is 0.407 e. The van der Waals surface area contributed by atoms with Crippen LogP contribution in [0.2, 0.25) is 0 Å². The van der Waals surface area contributed by atoms with Crippen LogP contribution in [-0.4, -0.2) is 107 Å². The minimum atomic E-state index is -1.29. The van der Waals surface area contributed by atoms with Gasteiger partial charge >= 0.3 is 14.6 Å². The summed E-state index contributed by atoms with van der Waals surface area (Å²) in [4.78, 5) is 17.0. The summed E-state index contributed by atoms with van der Waals surface area (Å²) in [5.74, 6) is 5.01. The van der Waals surface area contributed by atoms with Gasteiger partial charge in [0.05, 0.1) is 52.4 Å². The molecule has 1 amide bonds. The fourth-order valence-corrected chi connectivity index (χ4v) is 13.2. The SMILES string of the molecule is CC/N=C/OP(OC(C)COCCOCCOCCOCCCNC(=O)O[C@H]1CC[C@@]2(C)C(=CCC3C4CCC([C@H](C)CCCC(C)C)[C@@]4(C)CCC32)C1)N(C(C)C)C(C)C. The monoisotopic (exact) mass is 880 g/mol. The predicted octanol–water partition coefficient (Wildman–Crippen LogP) is 11.4. The standard InChI is InChI=1S/C49H90N3O8P/c1-12-50-35-58-61(52(37(4)5)38(6)7)60-40(9)34-57-32-31-56-30-29-55-28-27-54-26-14-25-51-47(53)59-42-21-23-48(10)41(33-42)17-18-43-45-20-19-44(39(8)16-13-15-36(2)3)49(45,11)24-22-46(43)48/h17,35-40,42-46H,12-16,18-34H2,1-11H3,(H,51,53)/b50-35+/t39-,40?,42+,43?,44?,45?,46?,48+,49-,61?/m1/s1. The third-order valence-electron chi connectivity index (χ3n) is 14.6. The Bertz CT molecular complexity index is 1310. The van der Waals surface area contributed by atoms with Crippen molar-refractivity contribution in [1.82, 2.24) is 9.99 Å². The molecule has 0 aliphatic heterocycles. The number of allylic oxidation sites excluding steroid dienone is 1. The number of fused-ring (bicyclic) bond motifs is 5. The number of nitrogens with one attached hydrogen (secondary N) is 1. The number of carbonyl (C=O) groups is 1. The van der Waals surface area contributed by atoms with E-state index >= 15 is 0 Å². The van der Waals surface area contributed by atoms with E-state index in [0.29, 0.717) is 71.4 Å². The first-order valence-electron chi connectivity index (χ1n) is 24.6. The van der Waals surface area contributed by atoms with E-state index < -0.39 is 8.53 Å². The Kier molecular flexibility index (Phi) is 22.8. The number of carbonyl (C=O) groups excluding carboxylic acids is 1. The van der Waals surface area contributed by atoms with Gasteiger partial charge in [-0.15, -0.1) is 0 Å². The number of alkyl carbamates (subject to hydrolysis) is 1. The molecule has 354 valence electrons. The van der Waals surface area contributed by atoms with Crippen LogP contribution in [-0.2, 0) is 32.7 Å². The third-order valence-corrected chi connectivity index (χ3v) is 16.8. The summed E-state index contributed by atoms with van der Waals surface area (Å²) in [6, 6.07) is 0.548. The highest BCUT2D eigenvalue weighted by atomic mass is 31.2. The number of ether oxygens (including phenoxy) is 5. The average Bonchev–Trinajstić information content (AvgIpc) is 3.56. The second kappa shape index (κ2) is 26.6. The maximum absolute atomic E-state index is 12.8. The molecule has 4 aliphatic carbocycles. The van der Waals surface area contributed by atoms with Crippen LogP contribution in [0, 0.1) is 46.3 Å². The van der Waals surface area contributed by atoms with E-state index in [1.165, 1.54) is 57.8 Å². The summed E-state index contributed by atoms with van der Waals surface area (Å²) in [5.41, 5.74) is 2.34. The van der Waals surface area contributed by atoms with Gasteiger partial charge in [-0.3, -0.25) is 4.99 Å². The van der Waals surface area contributed by atoms with Gasteiger partial charge in [0.2, 0.25) is 0 Å². The van der Waals surface area contributed by atoms with Gasteiger partial charge in [0.1, 0.15) is 6.10 Å². The molecule has 0 aromatic heterocycles. The lowest BCUT2D eigenvalue weighted by molar-refractivity contribution is -0.0581. The highest BCUT2D eigenvalue weighted by Gasteiger charge is 2.59. The largest absolute Gasteiger partial charge is 0.446 e. The zero-order valence-corrected chi connectivity index (χ0v) is 41.5. The van der Waals surface area contributed by atoms with Gasteiger partial charge in [0.25, 0.3) is 0 Å². The van der Waals surface area contributed by atoms with E-state index in [1.807, 2.05) is 13.8 Å². The number of nitrogens with zero attached hydrogens (tertiary/aromatic N) is 2. The lowest BCUT2D eigenvalue weighted by atomic mass is 9.47. The van der Waals surface area contributed by atoms with E-state index in [4.69, 9.17) is 32.7 Å². The van der Waals surface area contributed by atoms with Gasteiger partial charge in [-0.1, -0.05) is 65.5 Å². The summed E-state index contributed by atoms with van der Waals surface area (Å²) in [7, 11) is -1.29. The molecule has 10 atom stereocenters. The zero-order chi connectivity index (χ0) is 44.4. The van der Waals surface area contributed by atoms with E-state index in [9.17, 15) is 4.79 Å². The lowest BCUT2D eigenvalue weighted by Gasteiger charge is -2.58. The number of hydrogen-bond donors (Lipinski definition) is 1. The molecule has 3 saturated carbocycles. The summed E-state index contributed by atoms with van der Waals surface area (Å²) < 4.78 is 43.2. The number of amides is 1. The maximum Gasteiger partial charge on any atom is 0.407 e. The van der Waals surface area contributed by atoms with Crippen molar-refractivity contribution >= 4 is 21.0 Å². The van der Waals surface area contributed by atoms with Crippen LogP contribution < -0.4 is 5.32 Å². The molecule has 6 unspecified atom stereocenters. The molecule has 0 bridgehead atoms. The zero-order valence-electron chi connectivity index (χ0n) is 40.6. The van der Waals surface area contributed by atoms with Crippen LogP contribution >= 0.6 is 8.53 Å². The van der Waals surface area contributed by atoms with Crippen molar-refractivity contribution in [3.05, 3.63) is 11.6 Å². The molecular formula is C49H90N3O8P. The summed E-state index contributed by atoms with van der Waals surface area (Å²) in [6.45, 7) is 30.2. The highest BCUT2D eigenvalue weighted by molar-refractivity contribution is 7.45. The van der Waals surface area contributed by atoms with Gasteiger partial charge in [-0.25, -0.2) is 9.46 Å². The topological polar surface area (TPSA) is 109 Å². The van der Waals surface area contributed by atoms with E-state index in [-0.39, 0.29) is 35.8 Å². The maximum atomic E-state index is 12.8. The minimum absolute atomic E-state index is 0.0309. The van der Waals surface area contributed by atoms with Crippen molar-refractivity contribution in [3.8, 4) is 0 Å². The van der Waals surface area contributed by atoms with Crippen LogP contribution in [0.3, 0.4) is 0 Å². The summed E-state index contributed by atoms with van der Waals surface area (Å²) in [6.07, 6.45) is 18.3. The Morgan fingerprint density at radius 1 is 0.852 bits per heavy atom. The van der Waals surface area contributed by atoms with Gasteiger partial charge in [0, 0.05) is 38.2 Å². The van der Waals surface area contributed by atoms with Crippen LogP contribution in [0.5, 0.6) is 0 Å². The molecule has 0 aromatic carbocycles. The molecule has 12 heteroatoms. The highest BCUT2D eigenvalue weighted by Crippen LogP contribution is 2.67. The molecule has 11 nitrogen and oxygen atoms in total. The Morgan fingerprint density at radius 2 is 1.52 bits per heavy atom. The molecule has 4 rings (SSSR count). The van der Waals surface area contributed by atoms with Crippen LogP contribution in [0.15, 0.2) is 16.6 Å². The van der Waals surface area contributed by atoms with Crippen molar-refractivity contribution in [2.24, 2.45) is 51.3 Å². The first-order chi connectivity index (χ1) is 29.2. The molecule has 3 fully saturated rings. The molecule has 0 heterocycles. The van der Waals surface area contributed by atoms with Crippen molar-refractivity contribution < 1.29 is 37.5 Å². The number of aliphatic imine (C=N–C) groups is 1. The normalized spacial score (nSPS) is 29.1. The van der Waals surface area contributed by atoms with Gasteiger partial charge in [-0.2, -0.15) is 0 Å². The summed E-state index contributed by atoms with van der Waals surface area (Å²) in [5, 5.41) is 2.96. The van der Waals surface area contributed by atoms with Crippen molar-refractivity contribution in [1.29, 1.82) is 0 Å². The molecule has 1 N–H and O–H groups in total. The van der Waals surface area contributed by atoms with Crippen LogP contribution in [0.1, 0.15) is 153 Å². The average molecular weight is 880 g/mol. The van der Waals surface area contributed by atoms with Crippen molar-refractivity contribution in [3.63, 3.8) is 0 Å². The molecule has 0 saturated heterocycles. The lowest BCUT2D eigenvalue weighted by Crippen LogP contribution is -2.51. The predicted molar refractivity (Wildman–Crippen MR) is 249 cm³/mol. The molecular weight excluding hydrogens is 790 g/mol. The number of rotatable bonds is 29. The van der Waals surface area contributed by atoms with Crippen LogP contribution in [0.4, 0.5) is 4.79 Å². The van der Waals surface area contributed by atoms with E-state index in [0.717, 1.165) is 61.2 Å². The van der Waals surface area contributed by atoms with Crippen LogP contribution in [0.25, 0.3) is 0 Å². The molecule has 0 spiro atoms. The van der Waals surface area contributed by atoms with E-state index in [1.54, 1.807) is 5.57 Å². The van der Waals surface area contributed by atoms with Crippen molar-refractivity contribution in [2.45, 2.75) is 178 Å². The Hall–Kier alpha value is -1.33. The number of hydrogen-bond acceptors (Lipinski definition) is 10. The fraction of sp³-hybridized carbons (Fsp3) is 0.918.